The average molecular weight is 490 g/mol. The Morgan fingerprint density at radius 3 is 2.40 bits per heavy atom. The standard InChI is InChI=1S/C13H16Br3NO2S/c1-9-7-12(16)13(8-11(9)15)20(18,19)17(6-5-14)10-3-2-4-10/h7-8,10H,2-6H2,1H3. The Bertz CT molecular complexity index is 600. The minimum Gasteiger partial charge on any atom is -0.207 e. The van der Waals surface area contributed by atoms with E-state index in [9.17, 15) is 8.42 Å². The minimum atomic E-state index is -3.47. The molecule has 0 saturated heterocycles. The van der Waals surface area contributed by atoms with Gasteiger partial charge >= 0.3 is 0 Å². The van der Waals surface area contributed by atoms with Gasteiger partial charge < -0.3 is 0 Å². The molecule has 1 aliphatic rings. The maximum Gasteiger partial charge on any atom is 0.244 e. The molecule has 20 heavy (non-hydrogen) atoms. The number of benzene rings is 1. The summed E-state index contributed by atoms with van der Waals surface area (Å²) in [5.41, 5.74) is 1.01. The molecule has 112 valence electrons. The van der Waals surface area contributed by atoms with Gasteiger partial charge in [0.25, 0.3) is 0 Å². The molecule has 0 bridgehead atoms. The molecular weight excluding hydrogens is 474 g/mol. The highest BCUT2D eigenvalue weighted by atomic mass is 79.9. The molecule has 2 rings (SSSR count). The third-order valence-corrected chi connectivity index (χ3v) is 7.71. The van der Waals surface area contributed by atoms with Crippen molar-refractivity contribution in [2.45, 2.75) is 37.1 Å². The van der Waals surface area contributed by atoms with E-state index in [0.717, 1.165) is 29.3 Å². The van der Waals surface area contributed by atoms with Crippen molar-refractivity contribution in [3.63, 3.8) is 0 Å². The van der Waals surface area contributed by atoms with Gasteiger partial charge in [-0.3, -0.25) is 0 Å². The van der Waals surface area contributed by atoms with Crippen molar-refractivity contribution in [1.82, 2.24) is 4.31 Å². The first-order valence-electron chi connectivity index (χ1n) is 6.41. The lowest BCUT2D eigenvalue weighted by Crippen LogP contribution is -2.45. The molecule has 1 fully saturated rings. The van der Waals surface area contributed by atoms with Crippen LogP contribution in [-0.4, -0.2) is 30.6 Å². The highest BCUT2D eigenvalue weighted by Gasteiger charge is 2.35. The number of hydrogen-bond donors (Lipinski definition) is 0. The number of halogens is 3. The van der Waals surface area contributed by atoms with E-state index in [1.807, 2.05) is 13.0 Å². The molecule has 0 atom stereocenters. The first-order chi connectivity index (χ1) is 9.37. The molecule has 1 saturated carbocycles. The van der Waals surface area contributed by atoms with Crippen molar-refractivity contribution in [2.24, 2.45) is 0 Å². The van der Waals surface area contributed by atoms with Gasteiger partial charge in [0.2, 0.25) is 10.0 Å². The zero-order chi connectivity index (χ0) is 14.9. The maximum absolute atomic E-state index is 12.9. The van der Waals surface area contributed by atoms with Crippen LogP contribution < -0.4 is 0 Å². The van der Waals surface area contributed by atoms with Crippen LogP contribution in [-0.2, 0) is 10.0 Å². The van der Waals surface area contributed by atoms with Crippen LogP contribution >= 0.6 is 47.8 Å². The van der Waals surface area contributed by atoms with Gasteiger partial charge in [0, 0.05) is 26.9 Å². The van der Waals surface area contributed by atoms with E-state index in [0.29, 0.717) is 21.2 Å². The van der Waals surface area contributed by atoms with Gasteiger partial charge in [-0.2, -0.15) is 4.31 Å². The summed E-state index contributed by atoms with van der Waals surface area (Å²) in [5, 5.41) is 0.646. The molecule has 0 aliphatic heterocycles. The third-order valence-electron chi connectivity index (χ3n) is 3.59. The molecule has 0 heterocycles. The van der Waals surface area contributed by atoms with Crippen LogP contribution in [0.4, 0.5) is 0 Å². The Morgan fingerprint density at radius 1 is 1.25 bits per heavy atom. The zero-order valence-corrected chi connectivity index (χ0v) is 16.6. The van der Waals surface area contributed by atoms with Gasteiger partial charge in [-0.15, -0.1) is 0 Å². The van der Waals surface area contributed by atoms with Gasteiger partial charge in [-0.1, -0.05) is 38.3 Å². The second-order valence-electron chi connectivity index (χ2n) is 4.92. The molecule has 0 spiro atoms. The number of aryl methyl sites for hydroxylation is 1. The lowest BCUT2D eigenvalue weighted by molar-refractivity contribution is 0.228. The van der Waals surface area contributed by atoms with Crippen molar-refractivity contribution in [2.75, 3.05) is 11.9 Å². The molecule has 0 radical (unpaired) electrons. The fourth-order valence-electron chi connectivity index (χ4n) is 2.21. The average Bonchev–Trinajstić information content (AvgIpc) is 2.30. The fraction of sp³-hybridized carbons (Fsp3) is 0.538. The molecule has 7 heteroatoms. The van der Waals surface area contributed by atoms with Gasteiger partial charge in [-0.05, 0) is 53.4 Å². The second-order valence-corrected chi connectivity index (χ2v) is 9.28. The first kappa shape index (κ1) is 16.9. The van der Waals surface area contributed by atoms with E-state index in [2.05, 4.69) is 47.8 Å². The van der Waals surface area contributed by atoms with Crippen LogP contribution in [0.15, 0.2) is 26.0 Å². The Morgan fingerprint density at radius 2 is 1.90 bits per heavy atom. The first-order valence-corrected chi connectivity index (χ1v) is 10.6. The maximum atomic E-state index is 12.9. The Balaban J connectivity index is 2.44. The Kier molecular flexibility index (Phi) is 5.73. The van der Waals surface area contributed by atoms with E-state index in [1.165, 1.54) is 0 Å². The van der Waals surface area contributed by atoms with Crippen LogP contribution in [0.25, 0.3) is 0 Å². The summed E-state index contributed by atoms with van der Waals surface area (Å²) in [7, 11) is -3.47. The molecule has 0 unspecified atom stereocenters. The Labute approximate surface area is 145 Å². The number of sulfonamides is 1. The molecular formula is C13H16Br3NO2S. The van der Waals surface area contributed by atoms with Gasteiger partial charge in [0.05, 0.1) is 4.90 Å². The molecule has 0 amide bonds. The van der Waals surface area contributed by atoms with Crippen LogP contribution in [0.2, 0.25) is 0 Å². The number of nitrogens with zero attached hydrogens (tertiary/aromatic N) is 1. The predicted molar refractivity (Wildman–Crippen MR) is 91.9 cm³/mol. The highest BCUT2D eigenvalue weighted by molar-refractivity contribution is 9.11. The summed E-state index contributed by atoms with van der Waals surface area (Å²) in [5.74, 6) is 0. The summed E-state index contributed by atoms with van der Waals surface area (Å²) in [6, 6.07) is 3.67. The van der Waals surface area contributed by atoms with Crippen molar-refractivity contribution in [3.8, 4) is 0 Å². The number of alkyl halides is 1. The highest BCUT2D eigenvalue weighted by Crippen LogP contribution is 2.35. The van der Waals surface area contributed by atoms with E-state index in [-0.39, 0.29) is 6.04 Å². The van der Waals surface area contributed by atoms with Crippen LogP contribution in [0.5, 0.6) is 0 Å². The van der Waals surface area contributed by atoms with E-state index in [1.54, 1.807) is 10.4 Å². The summed E-state index contributed by atoms with van der Waals surface area (Å²) >= 11 is 10.2. The van der Waals surface area contributed by atoms with Gasteiger partial charge in [-0.25, -0.2) is 8.42 Å². The van der Waals surface area contributed by atoms with E-state index in [4.69, 9.17) is 0 Å². The number of hydrogen-bond acceptors (Lipinski definition) is 2. The van der Waals surface area contributed by atoms with Gasteiger partial charge in [0.15, 0.2) is 0 Å². The van der Waals surface area contributed by atoms with E-state index < -0.39 is 10.0 Å². The summed E-state index contributed by atoms with van der Waals surface area (Å²) in [6.45, 7) is 2.44. The summed E-state index contributed by atoms with van der Waals surface area (Å²) in [6.07, 6.45) is 3.02. The van der Waals surface area contributed by atoms with Crippen molar-refractivity contribution >= 4 is 57.8 Å². The molecule has 1 aromatic rings. The second kappa shape index (κ2) is 6.77. The number of rotatable bonds is 5. The zero-order valence-electron chi connectivity index (χ0n) is 11.1. The minimum absolute atomic E-state index is 0.143. The van der Waals surface area contributed by atoms with Crippen molar-refractivity contribution in [3.05, 3.63) is 26.6 Å². The van der Waals surface area contributed by atoms with Crippen molar-refractivity contribution in [1.29, 1.82) is 0 Å². The smallest absolute Gasteiger partial charge is 0.207 e. The normalized spacial score (nSPS) is 16.4. The van der Waals surface area contributed by atoms with Crippen molar-refractivity contribution < 1.29 is 8.42 Å². The quantitative estimate of drug-likeness (QED) is 0.573. The predicted octanol–water partition coefficient (Wildman–Crippen LogP) is 4.46. The molecule has 1 aliphatic carbocycles. The largest absolute Gasteiger partial charge is 0.244 e. The van der Waals surface area contributed by atoms with Gasteiger partial charge in [0.1, 0.15) is 0 Å². The topological polar surface area (TPSA) is 37.4 Å². The monoisotopic (exact) mass is 487 g/mol. The Hall–Kier alpha value is 0.570. The SMILES string of the molecule is Cc1cc(Br)c(S(=O)(=O)N(CCBr)C2CCC2)cc1Br. The summed E-state index contributed by atoms with van der Waals surface area (Å²) in [4.78, 5) is 0.336. The van der Waals surface area contributed by atoms with Crippen LogP contribution in [0, 0.1) is 6.92 Å². The lowest BCUT2D eigenvalue weighted by Gasteiger charge is -2.36. The molecule has 0 N–H and O–H groups in total. The molecule has 0 aromatic heterocycles. The molecule has 1 aromatic carbocycles. The van der Waals surface area contributed by atoms with E-state index >= 15 is 0 Å². The summed E-state index contributed by atoms with van der Waals surface area (Å²) < 4.78 is 28.9. The van der Waals surface area contributed by atoms with Crippen LogP contribution in [0.1, 0.15) is 24.8 Å². The molecule has 3 nitrogen and oxygen atoms in total. The fourth-order valence-corrected chi connectivity index (χ4v) is 6.15. The lowest BCUT2D eigenvalue weighted by atomic mass is 9.93. The van der Waals surface area contributed by atoms with Crippen LogP contribution in [0.3, 0.4) is 0 Å². The third kappa shape index (κ3) is 3.32.